The average Bonchev–Trinajstić information content (AvgIpc) is 3.29. The number of nitrogens with zero attached hydrogens (tertiary/aromatic N) is 1. The zero-order chi connectivity index (χ0) is 37.1. The first-order valence-electron chi connectivity index (χ1n) is 16.5. The first-order chi connectivity index (χ1) is 22.8. The lowest BCUT2D eigenvalue weighted by Gasteiger charge is -2.19. The number of amides is 6. The highest BCUT2D eigenvalue weighted by Gasteiger charge is 2.34. The van der Waals surface area contributed by atoms with Crippen LogP contribution in [0.4, 0.5) is 5.69 Å². The highest BCUT2D eigenvalue weighted by molar-refractivity contribution is 6.03. The van der Waals surface area contributed by atoms with Gasteiger partial charge in [-0.25, -0.2) is 0 Å². The number of rotatable bonds is 18. The van der Waals surface area contributed by atoms with Gasteiger partial charge in [0.25, 0.3) is 0 Å². The molecule has 48 heavy (non-hydrogen) atoms. The van der Waals surface area contributed by atoms with Gasteiger partial charge in [-0.1, -0.05) is 53.2 Å². The molecule has 0 aliphatic carbocycles. The third kappa shape index (κ3) is 21.5. The van der Waals surface area contributed by atoms with Gasteiger partial charge in [-0.05, 0) is 56.3 Å². The van der Waals surface area contributed by atoms with Gasteiger partial charge in [-0.15, -0.1) is 0 Å². The van der Waals surface area contributed by atoms with E-state index in [0.717, 1.165) is 24.8 Å². The fourth-order valence-corrected chi connectivity index (χ4v) is 4.29. The van der Waals surface area contributed by atoms with E-state index >= 15 is 0 Å². The van der Waals surface area contributed by atoms with Crippen LogP contribution in [0.15, 0.2) is 24.3 Å². The highest BCUT2D eigenvalue weighted by Crippen LogP contribution is 2.19. The van der Waals surface area contributed by atoms with E-state index in [-0.39, 0.29) is 53.9 Å². The van der Waals surface area contributed by atoms with Crippen molar-refractivity contribution < 1.29 is 38.3 Å². The normalized spacial score (nSPS) is 13.8. The van der Waals surface area contributed by atoms with Crippen molar-refractivity contribution in [2.75, 3.05) is 25.5 Å². The number of nitrogens with one attached hydrogen (secondary N) is 3. The van der Waals surface area contributed by atoms with Gasteiger partial charge in [-0.3, -0.25) is 38.5 Å². The molecule has 0 spiro atoms. The van der Waals surface area contributed by atoms with Gasteiger partial charge in [0.15, 0.2) is 0 Å². The summed E-state index contributed by atoms with van der Waals surface area (Å²) in [6.07, 6.45) is 4.89. The Morgan fingerprint density at radius 1 is 1.02 bits per heavy atom. The Labute approximate surface area is 285 Å². The van der Waals surface area contributed by atoms with E-state index in [1.165, 1.54) is 18.9 Å². The van der Waals surface area contributed by atoms with Crippen molar-refractivity contribution in [3.8, 4) is 0 Å². The molecule has 0 radical (unpaired) electrons. The summed E-state index contributed by atoms with van der Waals surface area (Å²) in [6, 6.07) is 6.22. The van der Waals surface area contributed by atoms with Gasteiger partial charge in [0.05, 0.1) is 0 Å². The Kier molecular flexibility index (Phi) is 26.5. The maximum Gasteiger partial charge on any atom is 0.302 e. The second kappa shape index (κ2) is 27.8. The minimum absolute atomic E-state index is 0.0695. The molecule has 7 N–H and O–H groups in total. The molecule has 6 amide bonds. The molecule has 1 aromatic rings. The van der Waals surface area contributed by atoms with E-state index in [2.05, 4.69) is 21.7 Å². The van der Waals surface area contributed by atoms with Crippen LogP contribution in [0.25, 0.3) is 0 Å². The summed E-state index contributed by atoms with van der Waals surface area (Å²) in [5, 5.41) is 8.09. The van der Waals surface area contributed by atoms with Gasteiger partial charge >= 0.3 is 5.97 Å². The van der Waals surface area contributed by atoms with Crippen LogP contribution >= 0.6 is 0 Å². The summed E-state index contributed by atoms with van der Waals surface area (Å²) in [5.41, 5.74) is 10.9. The van der Waals surface area contributed by atoms with Crippen LogP contribution in [0, 0.1) is 11.8 Å². The molecule has 1 saturated heterocycles. The third-order valence-electron chi connectivity index (χ3n) is 6.58. The number of carbonyl (C=O) groups excluding carboxylic acids is 7. The number of imide groups is 1. The Morgan fingerprint density at radius 3 is 2.15 bits per heavy atom. The Morgan fingerprint density at radius 2 is 1.65 bits per heavy atom. The van der Waals surface area contributed by atoms with Crippen molar-refractivity contribution in [1.29, 1.82) is 0 Å². The van der Waals surface area contributed by atoms with E-state index in [4.69, 9.17) is 10.5 Å². The smallest absolute Gasteiger partial charge is 0.302 e. The van der Waals surface area contributed by atoms with Gasteiger partial charge in [0.2, 0.25) is 35.9 Å². The molecule has 272 valence electrons. The fourth-order valence-electron chi connectivity index (χ4n) is 4.29. The van der Waals surface area contributed by atoms with Crippen molar-refractivity contribution in [1.82, 2.24) is 15.5 Å². The zero-order valence-corrected chi connectivity index (χ0v) is 29.8. The van der Waals surface area contributed by atoms with Gasteiger partial charge in [0, 0.05) is 50.9 Å². The summed E-state index contributed by atoms with van der Waals surface area (Å²) >= 11 is 0. The molecule has 1 heterocycles. The Hall–Kier alpha value is -4.33. The number of nitrogens with two attached hydrogens (primary N) is 2. The molecular formula is C34H58N6O8. The van der Waals surface area contributed by atoms with Crippen molar-refractivity contribution in [2.45, 2.75) is 106 Å². The second-order valence-electron chi connectivity index (χ2n) is 11.2. The SMILES string of the molecule is CC.CC(=O)OCc1ccc(NC(=O)C(CCCNC=O)NC(=O)CC(C)C)cc1.CC1CC(=O)N(CCCCCC(N)=O)C1=O.CN. The summed E-state index contributed by atoms with van der Waals surface area (Å²) < 4.78 is 4.92. The lowest BCUT2D eigenvalue weighted by molar-refractivity contribution is -0.142. The molecule has 0 aromatic heterocycles. The largest absolute Gasteiger partial charge is 0.461 e. The second-order valence-corrected chi connectivity index (χ2v) is 11.2. The van der Waals surface area contributed by atoms with Crippen LogP contribution in [-0.2, 0) is 44.9 Å². The number of anilines is 1. The van der Waals surface area contributed by atoms with Crippen molar-refractivity contribution in [3.05, 3.63) is 29.8 Å². The van der Waals surface area contributed by atoms with Crippen molar-refractivity contribution in [2.24, 2.45) is 23.3 Å². The topological polar surface area (TPSA) is 220 Å². The number of hydrogen-bond donors (Lipinski definition) is 5. The number of ether oxygens (including phenoxy) is 1. The van der Waals surface area contributed by atoms with E-state index in [1.807, 2.05) is 27.7 Å². The lowest BCUT2D eigenvalue weighted by atomic mass is 10.1. The zero-order valence-electron chi connectivity index (χ0n) is 29.8. The summed E-state index contributed by atoms with van der Waals surface area (Å²) in [6.45, 7) is 12.0. The number of hydrogen-bond acceptors (Lipinski definition) is 9. The molecule has 14 nitrogen and oxygen atoms in total. The van der Waals surface area contributed by atoms with Gasteiger partial charge < -0.3 is 32.2 Å². The minimum atomic E-state index is -0.694. The molecular weight excluding hydrogens is 620 g/mol. The van der Waals surface area contributed by atoms with Crippen LogP contribution in [-0.4, -0.2) is 73.0 Å². The number of carbonyl (C=O) groups is 7. The molecule has 1 fully saturated rings. The van der Waals surface area contributed by atoms with Gasteiger partial charge in [-0.2, -0.15) is 0 Å². The van der Waals surface area contributed by atoms with Crippen LogP contribution in [0.1, 0.15) is 98.5 Å². The molecule has 2 rings (SSSR count). The molecule has 1 aliphatic heterocycles. The van der Waals surface area contributed by atoms with E-state index in [9.17, 15) is 33.6 Å². The van der Waals surface area contributed by atoms with Crippen LogP contribution < -0.4 is 27.4 Å². The summed E-state index contributed by atoms with van der Waals surface area (Å²) in [7, 11) is 1.50. The molecule has 0 bridgehead atoms. The number of likely N-dealkylation sites (tertiary alicyclic amines) is 1. The molecule has 0 saturated carbocycles. The monoisotopic (exact) mass is 678 g/mol. The molecule has 1 aromatic carbocycles. The Bertz CT molecular complexity index is 1130. The first kappa shape index (κ1) is 45.8. The highest BCUT2D eigenvalue weighted by atomic mass is 16.5. The van der Waals surface area contributed by atoms with E-state index < -0.39 is 6.04 Å². The Balaban J connectivity index is 0. The quantitative estimate of drug-likeness (QED) is 0.0666. The van der Waals surface area contributed by atoms with E-state index in [1.54, 1.807) is 31.2 Å². The van der Waals surface area contributed by atoms with Crippen LogP contribution in [0.3, 0.4) is 0 Å². The molecule has 1 aliphatic rings. The lowest BCUT2D eigenvalue weighted by Crippen LogP contribution is -2.44. The van der Waals surface area contributed by atoms with Crippen LogP contribution in [0.5, 0.6) is 0 Å². The summed E-state index contributed by atoms with van der Waals surface area (Å²) in [5.74, 6) is -1.30. The first-order valence-corrected chi connectivity index (χ1v) is 16.5. The maximum atomic E-state index is 12.6. The van der Waals surface area contributed by atoms with Crippen molar-refractivity contribution in [3.63, 3.8) is 0 Å². The summed E-state index contributed by atoms with van der Waals surface area (Å²) in [4.78, 5) is 80.6. The predicted molar refractivity (Wildman–Crippen MR) is 185 cm³/mol. The maximum absolute atomic E-state index is 12.6. The van der Waals surface area contributed by atoms with Gasteiger partial charge in [0.1, 0.15) is 12.6 Å². The number of benzene rings is 1. The molecule has 14 heteroatoms. The third-order valence-corrected chi connectivity index (χ3v) is 6.58. The predicted octanol–water partition coefficient (Wildman–Crippen LogP) is 2.77. The number of primary amides is 1. The number of esters is 1. The average molecular weight is 679 g/mol. The number of unbranched alkanes of at least 4 members (excludes halogenated alkanes) is 2. The molecule has 2 unspecified atom stereocenters. The van der Waals surface area contributed by atoms with Crippen molar-refractivity contribution >= 4 is 47.6 Å². The molecule has 2 atom stereocenters. The minimum Gasteiger partial charge on any atom is -0.461 e. The standard InChI is InChI=1S/C20H29N3O5.C11H18N2O3.C2H6.CH5N/c1-14(2)11-19(26)23-18(5-4-10-21-13-24)20(27)22-17-8-6-16(7-9-17)12-28-15(3)25;1-8-7-10(15)13(11(8)16)6-4-2-3-5-9(12)14;2*1-2/h6-9,13-14,18H,4-5,10-12H2,1-3H3,(H,21,24)(H,22,27)(H,23,26);8H,2-7H2,1H3,(H2,12,14);1-2H3;2H2,1H3. The fraction of sp³-hybridized carbons (Fsp3) is 0.618. The van der Waals surface area contributed by atoms with Crippen LogP contribution in [0.2, 0.25) is 0 Å². The van der Waals surface area contributed by atoms with E-state index in [0.29, 0.717) is 57.3 Å².